The molecule has 76 valence electrons. The van der Waals surface area contributed by atoms with Crippen LogP contribution in [0.25, 0.3) is 0 Å². The molecule has 1 aromatic rings. The molecule has 2 nitrogen and oxygen atoms in total. The van der Waals surface area contributed by atoms with E-state index in [-0.39, 0.29) is 0 Å². The minimum atomic E-state index is 0.586. The summed E-state index contributed by atoms with van der Waals surface area (Å²) in [6, 6.07) is 5.95. The van der Waals surface area contributed by atoms with Gasteiger partial charge in [-0.05, 0) is 30.5 Å². The van der Waals surface area contributed by atoms with Crippen molar-refractivity contribution in [1.29, 1.82) is 0 Å². The lowest BCUT2D eigenvalue weighted by atomic mass is 10.1. The Morgan fingerprint density at radius 3 is 2.64 bits per heavy atom. The van der Waals surface area contributed by atoms with Crippen molar-refractivity contribution in [3.8, 4) is 0 Å². The van der Waals surface area contributed by atoms with Gasteiger partial charge >= 0.3 is 0 Å². The van der Waals surface area contributed by atoms with Crippen LogP contribution in [-0.4, -0.2) is 13.1 Å². The zero-order valence-corrected chi connectivity index (χ0v) is 8.93. The third-order valence-corrected chi connectivity index (χ3v) is 2.95. The van der Waals surface area contributed by atoms with E-state index in [2.05, 4.69) is 4.90 Å². The van der Waals surface area contributed by atoms with Gasteiger partial charge in [0.2, 0.25) is 0 Å². The molecule has 1 saturated heterocycles. The van der Waals surface area contributed by atoms with Crippen LogP contribution in [0.1, 0.15) is 18.4 Å². The number of benzene rings is 1. The summed E-state index contributed by atoms with van der Waals surface area (Å²) in [4.78, 5) is 2.37. The monoisotopic (exact) mass is 210 g/mol. The molecule has 1 aliphatic rings. The first-order chi connectivity index (χ1) is 6.81. The van der Waals surface area contributed by atoms with Gasteiger partial charge in [0.1, 0.15) is 0 Å². The maximum Gasteiger partial charge on any atom is 0.0426 e. The molecule has 1 heterocycles. The Balaban J connectivity index is 2.33. The Labute approximate surface area is 89.7 Å². The average Bonchev–Trinajstić information content (AvgIpc) is 2.70. The van der Waals surface area contributed by atoms with Crippen LogP contribution < -0.4 is 10.6 Å². The van der Waals surface area contributed by atoms with Gasteiger partial charge in [0, 0.05) is 30.3 Å². The smallest absolute Gasteiger partial charge is 0.0426 e. The molecule has 0 spiro atoms. The molecule has 0 aromatic heterocycles. The summed E-state index contributed by atoms with van der Waals surface area (Å²) in [5, 5.41) is 0.795. The highest BCUT2D eigenvalue weighted by molar-refractivity contribution is 6.30. The highest BCUT2D eigenvalue weighted by Crippen LogP contribution is 2.27. The van der Waals surface area contributed by atoms with Gasteiger partial charge in [0.05, 0.1) is 0 Å². The summed E-state index contributed by atoms with van der Waals surface area (Å²) < 4.78 is 0. The lowest BCUT2D eigenvalue weighted by Gasteiger charge is -2.21. The lowest BCUT2D eigenvalue weighted by molar-refractivity contribution is 0.941. The molecular weight excluding hydrogens is 196 g/mol. The second kappa shape index (κ2) is 4.20. The van der Waals surface area contributed by atoms with Crippen LogP contribution in [0.5, 0.6) is 0 Å². The number of nitrogens with two attached hydrogens (primary N) is 1. The van der Waals surface area contributed by atoms with E-state index < -0.39 is 0 Å². The standard InChI is InChI=1S/C11H15ClN2/c12-10-4-3-9(8-13)11(7-10)14-5-1-2-6-14/h3-4,7H,1-2,5-6,8,13H2. The highest BCUT2D eigenvalue weighted by Gasteiger charge is 2.15. The Morgan fingerprint density at radius 2 is 2.00 bits per heavy atom. The van der Waals surface area contributed by atoms with Gasteiger partial charge in [-0.15, -0.1) is 0 Å². The second-order valence-electron chi connectivity index (χ2n) is 3.67. The van der Waals surface area contributed by atoms with E-state index in [0.29, 0.717) is 6.54 Å². The molecule has 0 unspecified atom stereocenters. The van der Waals surface area contributed by atoms with Gasteiger partial charge in [0.25, 0.3) is 0 Å². The number of rotatable bonds is 2. The first-order valence-corrected chi connectivity index (χ1v) is 5.42. The molecule has 1 fully saturated rings. The summed E-state index contributed by atoms with van der Waals surface area (Å²) in [6.07, 6.45) is 2.55. The summed E-state index contributed by atoms with van der Waals surface area (Å²) >= 11 is 5.98. The number of nitrogens with zero attached hydrogens (tertiary/aromatic N) is 1. The Bertz CT molecular complexity index is 319. The van der Waals surface area contributed by atoms with E-state index >= 15 is 0 Å². The molecule has 1 aromatic carbocycles. The van der Waals surface area contributed by atoms with Gasteiger partial charge in [0.15, 0.2) is 0 Å². The van der Waals surface area contributed by atoms with E-state index in [1.807, 2.05) is 18.2 Å². The van der Waals surface area contributed by atoms with Crippen molar-refractivity contribution in [2.45, 2.75) is 19.4 Å². The topological polar surface area (TPSA) is 29.3 Å². The van der Waals surface area contributed by atoms with E-state index in [1.54, 1.807) is 0 Å². The van der Waals surface area contributed by atoms with E-state index in [1.165, 1.54) is 24.1 Å². The molecule has 0 atom stereocenters. The van der Waals surface area contributed by atoms with Crippen LogP contribution in [0, 0.1) is 0 Å². The van der Waals surface area contributed by atoms with Crippen molar-refractivity contribution < 1.29 is 0 Å². The molecule has 3 heteroatoms. The minimum absolute atomic E-state index is 0.586. The Kier molecular flexibility index (Phi) is 2.94. The van der Waals surface area contributed by atoms with Crippen molar-refractivity contribution >= 4 is 17.3 Å². The normalized spacial score (nSPS) is 16.3. The minimum Gasteiger partial charge on any atom is -0.371 e. The van der Waals surface area contributed by atoms with Gasteiger partial charge in [-0.1, -0.05) is 17.7 Å². The molecule has 0 aliphatic carbocycles. The molecule has 14 heavy (non-hydrogen) atoms. The molecule has 0 bridgehead atoms. The summed E-state index contributed by atoms with van der Waals surface area (Å²) in [6.45, 7) is 2.85. The molecular formula is C11H15ClN2. The van der Waals surface area contributed by atoms with Crippen LogP contribution in [0.4, 0.5) is 5.69 Å². The molecule has 0 amide bonds. The van der Waals surface area contributed by atoms with Crippen LogP contribution in [0.2, 0.25) is 5.02 Å². The van der Waals surface area contributed by atoms with Gasteiger partial charge in [-0.3, -0.25) is 0 Å². The Hall–Kier alpha value is -0.730. The number of anilines is 1. The summed E-state index contributed by atoms with van der Waals surface area (Å²) in [5.74, 6) is 0. The van der Waals surface area contributed by atoms with Crippen LogP contribution >= 0.6 is 11.6 Å². The SMILES string of the molecule is NCc1ccc(Cl)cc1N1CCCC1. The molecule has 2 N–H and O–H groups in total. The fraction of sp³-hybridized carbons (Fsp3) is 0.455. The molecule has 1 aliphatic heterocycles. The zero-order valence-electron chi connectivity index (χ0n) is 8.17. The number of hydrogen-bond acceptors (Lipinski definition) is 2. The quantitative estimate of drug-likeness (QED) is 0.813. The number of halogens is 1. The fourth-order valence-electron chi connectivity index (χ4n) is 1.96. The average molecular weight is 211 g/mol. The van der Waals surface area contributed by atoms with Crippen molar-refractivity contribution in [3.63, 3.8) is 0 Å². The van der Waals surface area contributed by atoms with Crippen molar-refractivity contribution in [2.75, 3.05) is 18.0 Å². The number of hydrogen-bond donors (Lipinski definition) is 1. The van der Waals surface area contributed by atoms with Crippen LogP contribution in [0.15, 0.2) is 18.2 Å². The van der Waals surface area contributed by atoms with Crippen LogP contribution in [-0.2, 0) is 6.54 Å². The lowest BCUT2D eigenvalue weighted by Crippen LogP contribution is -2.20. The summed E-state index contributed by atoms with van der Waals surface area (Å²) in [7, 11) is 0. The largest absolute Gasteiger partial charge is 0.371 e. The highest BCUT2D eigenvalue weighted by atomic mass is 35.5. The fourth-order valence-corrected chi connectivity index (χ4v) is 2.13. The predicted octanol–water partition coefficient (Wildman–Crippen LogP) is 2.40. The van der Waals surface area contributed by atoms with Gasteiger partial charge in [-0.25, -0.2) is 0 Å². The predicted molar refractivity (Wildman–Crippen MR) is 60.8 cm³/mol. The van der Waals surface area contributed by atoms with Gasteiger partial charge in [-0.2, -0.15) is 0 Å². The Morgan fingerprint density at radius 1 is 1.29 bits per heavy atom. The molecule has 2 rings (SSSR count). The van der Waals surface area contributed by atoms with E-state index in [9.17, 15) is 0 Å². The van der Waals surface area contributed by atoms with Crippen LogP contribution in [0.3, 0.4) is 0 Å². The second-order valence-corrected chi connectivity index (χ2v) is 4.11. The first kappa shape index (κ1) is 9.81. The van der Waals surface area contributed by atoms with E-state index in [0.717, 1.165) is 18.1 Å². The zero-order chi connectivity index (χ0) is 9.97. The van der Waals surface area contributed by atoms with Gasteiger partial charge < -0.3 is 10.6 Å². The first-order valence-electron chi connectivity index (χ1n) is 5.04. The van der Waals surface area contributed by atoms with E-state index in [4.69, 9.17) is 17.3 Å². The third-order valence-electron chi connectivity index (χ3n) is 2.71. The molecule has 0 saturated carbocycles. The van der Waals surface area contributed by atoms with Crippen molar-refractivity contribution in [2.24, 2.45) is 5.73 Å². The molecule has 0 radical (unpaired) electrons. The maximum atomic E-state index is 5.98. The third kappa shape index (κ3) is 1.86. The summed E-state index contributed by atoms with van der Waals surface area (Å²) in [5.41, 5.74) is 8.11. The van der Waals surface area contributed by atoms with Crippen molar-refractivity contribution in [1.82, 2.24) is 0 Å². The van der Waals surface area contributed by atoms with Crippen molar-refractivity contribution in [3.05, 3.63) is 28.8 Å². The maximum absolute atomic E-state index is 5.98.